The Hall–Kier alpha value is -5.66. The van der Waals surface area contributed by atoms with Gasteiger partial charge in [0.05, 0.1) is 66.8 Å². The Morgan fingerprint density at radius 2 is 1.27 bits per heavy atom. The molecule has 248 valence electrons. The summed E-state index contributed by atoms with van der Waals surface area (Å²) in [5.74, 6) is -0.453. The fraction of sp³-hybridized carbons (Fsp3) is 0.353. The molecule has 1 N–H and O–H groups in total. The molecule has 8 rings (SSSR count). The summed E-state index contributed by atoms with van der Waals surface area (Å²) in [5, 5.41) is 9.44. The van der Waals surface area contributed by atoms with Crippen LogP contribution in [0.25, 0.3) is 11.4 Å². The molecule has 0 bridgehead atoms. The monoisotopic (exact) mass is 654 g/mol. The average Bonchev–Trinajstić information content (AvgIpc) is 3.91. The number of hydrogen-bond donors (Lipinski definition) is 1. The first-order valence-electron chi connectivity index (χ1n) is 15.8. The van der Waals surface area contributed by atoms with Crippen LogP contribution >= 0.6 is 0 Å². The van der Waals surface area contributed by atoms with Gasteiger partial charge in [0.15, 0.2) is 11.4 Å². The highest BCUT2D eigenvalue weighted by Crippen LogP contribution is 2.42. The van der Waals surface area contributed by atoms with Crippen LogP contribution in [0, 0.1) is 0 Å². The summed E-state index contributed by atoms with van der Waals surface area (Å²) in [5.41, 5.74) is 4.01. The first-order chi connectivity index (χ1) is 23.3. The number of amides is 2. The molecule has 2 atom stereocenters. The third-order valence-electron chi connectivity index (χ3n) is 9.33. The van der Waals surface area contributed by atoms with E-state index in [0.29, 0.717) is 52.8 Å². The van der Waals surface area contributed by atoms with Crippen molar-refractivity contribution < 1.29 is 38.5 Å². The maximum atomic E-state index is 13.1. The van der Waals surface area contributed by atoms with Crippen molar-refractivity contribution >= 4 is 23.8 Å². The van der Waals surface area contributed by atoms with Gasteiger partial charge in [-0.1, -0.05) is 0 Å². The molecule has 2 amide bonds. The van der Waals surface area contributed by atoms with E-state index in [1.165, 1.54) is 6.33 Å². The summed E-state index contributed by atoms with van der Waals surface area (Å²) in [4.78, 5) is 61.8. The average molecular weight is 655 g/mol. The van der Waals surface area contributed by atoms with E-state index in [9.17, 15) is 24.3 Å². The van der Waals surface area contributed by atoms with E-state index in [1.807, 2.05) is 15.5 Å². The van der Waals surface area contributed by atoms with Gasteiger partial charge >= 0.3 is 11.9 Å². The normalized spacial score (nSPS) is 18.6. The Kier molecular flexibility index (Phi) is 7.85. The number of carboxylic acids is 1. The standard InChI is InChI=1S/C18H19N3O4.C16H15N3O4/c1-3-25-18(23)15-16-14-5-4-8-20(14)17(22)12-9-11(24-2)6-7-13(12)21(16)10-19-15;1-23-9-4-5-11-10(7-9)15(20)18-6-2-3-12(18)14-13(16(21)22)17-8-19(11)14/h6-7,9-10,14H,3-5,8H2,1-2H3;4-5,7-8,12H,2-3,6H2,1H3,(H,21,22)/t14-;12-/m00/s1. The van der Waals surface area contributed by atoms with E-state index in [1.54, 1.807) is 67.3 Å². The van der Waals surface area contributed by atoms with Crippen LogP contribution < -0.4 is 9.47 Å². The predicted molar refractivity (Wildman–Crippen MR) is 169 cm³/mol. The van der Waals surface area contributed by atoms with Gasteiger partial charge < -0.3 is 29.1 Å². The maximum absolute atomic E-state index is 13.1. The van der Waals surface area contributed by atoms with Gasteiger partial charge in [-0.05, 0) is 69.0 Å². The van der Waals surface area contributed by atoms with Crippen LogP contribution in [-0.2, 0) is 4.74 Å². The molecule has 0 aliphatic carbocycles. The molecule has 14 nitrogen and oxygen atoms in total. The van der Waals surface area contributed by atoms with Crippen LogP contribution in [0.3, 0.4) is 0 Å². The number of carbonyl (C=O) groups is 4. The van der Waals surface area contributed by atoms with Gasteiger partial charge in [-0.15, -0.1) is 0 Å². The number of benzene rings is 2. The highest BCUT2D eigenvalue weighted by molar-refractivity contribution is 6.01. The highest BCUT2D eigenvalue weighted by atomic mass is 16.5. The van der Waals surface area contributed by atoms with Crippen LogP contribution in [0.2, 0.25) is 0 Å². The van der Waals surface area contributed by atoms with Crippen molar-refractivity contribution in [2.45, 2.75) is 44.7 Å². The molecule has 14 heteroatoms. The van der Waals surface area contributed by atoms with Crippen molar-refractivity contribution in [1.29, 1.82) is 0 Å². The van der Waals surface area contributed by atoms with Gasteiger partial charge in [0.25, 0.3) is 11.8 Å². The number of aromatic carboxylic acids is 1. The predicted octanol–water partition coefficient (Wildman–Crippen LogP) is 4.22. The first kappa shape index (κ1) is 31.0. The molecular weight excluding hydrogens is 620 g/mol. The SMILES string of the molecule is CCOC(=O)c1ncn2c1[C@@H]1CCCN1C(=O)c1cc(OC)ccc1-2.COc1ccc2c(c1)C(=O)N1CCC[C@H]1c1c(C(=O)O)ncn1-2. The van der Waals surface area contributed by atoms with Crippen LogP contribution in [-0.4, -0.2) is 91.7 Å². The van der Waals surface area contributed by atoms with Gasteiger partial charge in [-0.2, -0.15) is 0 Å². The number of carboxylic acid groups (broad SMARTS) is 1. The molecule has 2 fully saturated rings. The Morgan fingerprint density at radius 1 is 0.792 bits per heavy atom. The van der Waals surface area contributed by atoms with Crippen molar-refractivity contribution in [3.63, 3.8) is 0 Å². The Labute approximate surface area is 275 Å². The third kappa shape index (κ3) is 4.86. The summed E-state index contributed by atoms with van der Waals surface area (Å²) < 4.78 is 19.2. The number of aromatic nitrogens is 4. The molecule has 0 saturated carbocycles. The van der Waals surface area contributed by atoms with Crippen molar-refractivity contribution in [2.24, 2.45) is 0 Å². The third-order valence-corrected chi connectivity index (χ3v) is 9.33. The lowest BCUT2D eigenvalue weighted by Gasteiger charge is -2.22. The second-order valence-electron chi connectivity index (χ2n) is 11.8. The van der Waals surface area contributed by atoms with E-state index in [2.05, 4.69) is 9.97 Å². The van der Waals surface area contributed by atoms with E-state index < -0.39 is 11.9 Å². The lowest BCUT2D eigenvalue weighted by Crippen LogP contribution is -2.30. The number of nitrogens with zero attached hydrogens (tertiary/aromatic N) is 6. The molecule has 4 aromatic rings. The number of esters is 1. The zero-order chi connectivity index (χ0) is 33.7. The number of imidazole rings is 2. The van der Waals surface area contributed by atoms with Crippen molar-refractivity contribution in [3.05, 3.63) is 83.0 Å². The molecule has 2 aromatic heterocycles. The fourth-order valence-corrected chi connectivity index (χ4v) is 7.20. The Bertz CT molecular complexity index is 1960. The number of rotatable bonds is 5. The summed E-state index contributed by atoms with van der Waals surface area (Å²) >= 11 is 0. The molecule has 2 aromatic carbocycles. The number of carbonyl (C=O) groups excluding carboxylic acids is 3. The van der Waals surface area contributed by atoms with Crippen LogP contribution in [0.4, 0.5) is 0 Å². The van der Waals surface area contributed by atoms with Crippen LogP contribution in [0.1, 0.15) is 97.8 Å². The van der Waals surface area contributed by atoms with Crippen LogP contribution in [0.15, 0.2) is 49.1 Å². The van der Waals surface area contributed by atoms with Gasteiger partial charge in [0, 0.05) is 13.1 Å². The van der Waals surface area contributed by atoms with E-state index >= 15 is 0 Å². The molecular formula is C34H34N6O8. The highest BCUT2D eigenvalue weighted by Gasteiger charge is 2.41. The lowest BCUT2D eigenvalue weighted by atomic mass is 10.1. The van der Waals surface area contributed by atoms with Gasteiger partial charge in [0.2, 0.25) is 0 Å². The molecule has 4 aliphatic heterocycles. The number of hydrogen-bond acceptors (Lipinski definition) is 9. The molecule has 48 heavy (non-hydrogen) atoms. The smallest absolute Gasteiger partial charge is 0.358 e. The Morgan fingerprint density at radius 3 is 1.73 bits per heavy atom. The minimum Gasteiger partial charge on any atom is -0.497 e. The molecule has 0 spiro atoms. The van der Waals surface area contributed by atoms with Gasteiger partial charge in [-0.3, -0.25) is 18.7 Å². The first-order valence-corrected chi connectivity index (χ1v) is 15.8. The van der Waals surface area contributed by atoms with E-state index in [4.69, 9.17) is 14.2 Å². The second-order valence-corrected chi connectivity index (χ2v) is 11.8. The van der Waals surface area contributed by atoms with Gasteiger partial charge in [-0.25, -0.2) is 19.6 Å². The van der Waals surface area contributed by atoms with Gasteiger partial charge in [0.1, 0.15) is 24.2 Å². The molecule has 2 saturated heterocycles. The molecule has 4 aliphatic rings. The van der Waals surface area contributed by atoms with Crippen molar-refractivity contribution in [3.8, 4) is 22.9 Å². The number of ether oxygens (including phenoxy) is 3. The zero-order valence-corrected chi connectivity index (χ0v) is 26.7. The minimum atomic E-state index is -1.07. The maximum Gasteiger partial charge on any atom is 0.358 e. The number of methoxy groups -OCH3 is 2. The summed E-state index contributed by atoms with van der Waals surface area (Å²) in [7, 11) is 3.12. The number of fused-ring (bicyclic) bond motifs is 10. The fourth-order valence-electron chi connectivity index (χ4n) is 7.20. The molecule has 6 heterocycles. The van der Waals surface area contributed by atoms with Crippen molar-refractivity contribution in [1.82, 2.24) is 28.9 Å². The van der Waals surface area contributed by atoms with Crippen molar-refractivity contribution in [2.75, 3.05) is 33.9 Å². The summed E-state index contributed by atoms with van der Waals surface area (Å²) in [6.07, 6.45) is 6.36. The zero-order valence-electron chi connectivity index (χ0n) is 26.7. The van der Waals surface area contributed by atoms with Crippen LogP contribution in [0.5, 0.6) is 11.5 Å². The minimum absolute atomic E-state index is 0.0124. The second kappa shape index (κ2) is 12.2. The lowest BCUT2D eigenvalue weighted by molar-refractivity contribution is 0.0512. The quantitative estimate of drug-likeness (QED) is 0.309. The van der Waals surface area contributed by atoms with E-state index in [0.717, 1.165) is 31.4 Å². The van der Waals surface area contributed by atoms with E-state index in [-0.39, 0.29) is 41.9 Å². The summed E-state index contributed by atoms with van der Waals surface area (Å²) in [6, 6.07) is 10.2. The molecule has 0 unspecified atom stereocenters. The summed E-state index contributed by atoms with van der Waals surface area (Å²) in [6.45, 7) is 3.32. The molecule has 0 radical (unpaired) electrons. The Balaban J connectivity index is 0.000000152. The largest absolute Gasteiger partial charge is 0.497 e. The topological polar surface area (TPSA) is 158 Å².